The molecule has 1 aromatic carbocycles. The van der Waals surface area contributed by atoms with Crippen LogP contribution in [0.25, 0.3) is 10.2 Å². The lowest BCUT2D eigenvalue weighted by Gasteiger charge is -2.21. The highest BCUT2D eigenvalue weighted by atomic mass is 32.1. The van der Waals surface area contributed by atoms with Crippen molar-refractivity contribution < 1.29 is 18.7 Å². The van der Waals surface area contributed by atoms with Gasteiger partial charge in [0.25, 0.3) is 5.56 Å². The van der Waals surface area contributed by atoms with Gasteiger partial charge in [-0.3, -0.25) is 14.2 Å². The molecule has 0 atom stereocenters. The molecule has 0 unspecified atom stereocenters. The number of ether oxygens (including phenoxy) is 1. The van der Waals surface area contributed by atoms with Gasteiger partial charge in [0.1, 0.15) is 28.2 Å². The molecule has 1 saturated carbocycles. The number of anilines is 1. The van der Waals surface area contributed by atoms with Crippen LogP contribution in [0.1, 0.15) is 47.3 Å². The maximum Gasteiger partial charge on any atom is 0.348 e. The monoisotopic (exact) mass is 443 g/mol. The Morgan fingerprint density at radius 3 is 2.74 bits per heavy atom. The Hall–Kier alpha value is -3.07. The first-order valence-corrected chi connectivity index (χ1v) is 11.0. The van der Waals surface area contributed by atoms with E-state index in [9.17, 15) is 18.8 Å². The fraction of sp³-hybridized carbons (Fsp3) is 0.364. The van der Waals surface area contributed by atoms with Crippen molar-refractivity contribution in [2.75, 3.05) is 5.32 Å². The van der Waals surface area contributed by atoms with Gasteiger partial charge in [0.2, 0.25) is 5.91 Å². The highest BCUT2D eigenvalue weighted by Crippen LogP contribution is 2.29. The third-order valence-corrected chi connectivity index (χ3v) is 6.57. The van der Waals surface area contributed by atoms with Crippen LogP contribution in [0, 0.1) is 12.7 Å². The second-order valence-corrected chi connectivity index (χ2v) is 8.61. The molecule has 2 heterocycles. The normalized spacial score (nSPS) is 14.5. The molecule has 31 heavy (non-hydrogen) atoms. The number of para-hydroxylation sites is 1. The molecular weight excluding hydrogens is 421 g/mol. The molecule has 1 aliphatic rings. The van der Waals surface area contributed by atoms with E-state index in [4.69, 9.17) is 4.74 Å². The fourth-order valence-corrected chi connectivity index (χ4v) is 4.78. The summed E-state index contributed by atoms with van der Waals surface area (Å²) in [5, 5.41) is 2.74. The molecule has 0 bridgehead atoms. The molecule has 162 valence electrons. The predicted octanol–water partition coefficient (Wildman–Crippen LogP) is 4.03. The number of hydrogen-bond donors (Lipinski definition) is 1. The minimum absolute atomic E-state index is 0.0362. The molecular formula is C22H22FN3O4S. The SMILES string of the molecule is Cc1c(C(=O)OC2CCCCC2)sc2ncn(CC(=O)Nc3ccccc3F)c(=O)c12. The fourth-order valence-electron chi connectivity index (χ4n) is 3.76. The van der Waals surface area contributed by atoms with Gasteiger partial charge in [-0.15, -0.1) is 11.3 Å². The number of esters is 1. The van der Waals surface area contributed by atoms with Gasteiger partial charge in [-0.05, 0) is 50.3 Å². The van der Waals surface area contributed by atoms with Crippen LogP contribution in [-0.4, -0.2) is 27.5 Å². The maximum atomic E-state index is 13.7. The van der Waals surface area contributed by atoms with Gasteiger partial charge >= 0.3 is 5.97 Å². The number of nitrogens with zero attached hydrogens (tertiary/aromatic N) is 2. The van der Waals surface area contributed by atoms with Gasteiger partial charge in [-0.1, -0.05) is 18.6 Å². The van der Waals surface area contributed by atoms with Crippen molar-refractivity contribution in [3.63, 3.8) is 0 Å². The van der Waals surface area contributed by atoms with Gasteiger partial charge in [0, 0.05) is 0 Å². The molecule has 1 N–H and O–H groups in total. The Bertz CT molecular complexity index is 1200. The molecule has 1 amide bonds. The van der Waals surface area contributed by atoms with E-state index in [-0.39, 0.29) is 18.3 Å². The van der Waals surface area contributed by atoms with E-state index in [0.717, 1.165) is 48.0 Å². The quantitative estimate of drug-likeness (QED) is 0.601. The van der Waals surface area contributed by atoms with Crippen molar-refractivity contribution in [3.05, 3.63) is 57.2 Å². The standard InChI is InChI=1S/C22H22FN3O4S/c1-13-18-20(31-19(13)22(29)30-14-7-3-2-4-8-14)24-12-26(21(18)28)11-17(27)25-16-10-6-5-9-15(16)23/h5-6,9-10,12,14H,2-4,7-8,11H2,1H3,(H,25,27). The van der Waals surface area contributed by atoms with Crippen molar-refractivity contribution >= 4 is 39.1 Å². The lowest BCUT2D eigenvalue weighted by Crippen LogP contribution is -2.28. The minimum atomic E-state index is -0.563. The highest BCUT2D eigenvalue weighted by Gasteiger charge is 2.24. The lowest BCUT2D eigenvalue weighted by atomic mass is 9.98. The second-order valence-electron chi connectivity index (χ2n) is 7.61. The van der Waals surface area contributed by atoms with Crippen molar-refractivity contribution in [2.24, 2.45) is 0 Å². The Kier molecular flexibility index (Phi) is 6.13. The van der Waals surface area contributed by atoms with Crippen molar-refractivity contribution in [1.82, 2.24) is 9.55 Å². The molecule has 1 aliphatic carbocycles. The number of rotatable bonds is 5. The summed E-state index contributed by atoms with van der Waals surface area (Å²) < 4.78 is 20.5. The summed E-state index contributed by atoms with van der Waals surface area (Å²) >= 11 is 1.12. The van der Waals surface area contributed by atoms with E-state index in [1.54, 1.807) is 13.0 Å². The molecule has 0 aliphatic heterocycles. The van der Waals surface area contributed by atoms with E-state index in [0.29, 0.717) is 20.7 Å². The highest BCUT2D eigenvalue weighted by molar-refractivity contribution is 7.20. The first-order chi connectivity index (χ1) is 14.9. The van der Waals surface area contributed by atoms with E-state index in [1.807, 2.05) is 0 Å². The van der Waals surface area contributed by atoms with E-state index >= 15 is 0 Å². The van der Waals surface area contributed by atoms with E-state index < -0.39 is 23.3 Å². The van der Waals surface area contributed by atoms with E-state index in [2.05, 4.69) is 10.3 Å². The summed E-state index contributed by atoms with van der Waals surface area (Å²) in [7, 11) is 0. The van der Waals surface area contributed by atoms with Crippen LogP contribution >= 0.6 is 11.3 Å². The number of nitrogens with one attached hydrogen (secondary N) is 1. The van der Waals surface area contributed by atoms with Crippen LogP contribution in [0.4, 0.5) is 10.1 Å². The number of benzene rings is 1. The Morgan fingerprint density at radius 1 is 1.26 bits per heavy atom. The van der Waals surface area contributed by atoms with Crippen molar-refractivity contribution in [2.45, 2.75) is 51.7 Å². The first kappa shape index (κ1) is 21.2. The summed E-state index contributed by atoms with van der Waals surface area (Å²) in [6.45, 7) is 1.36. The Balaban J connectivity index is 1.55. The molecule has 7 nitrogen and oxygen atoms in total. The van der Waals surface area contributed by atoms with Gasteiger partial charge in [0.15, 0.2) is 0 Å². The number of aromatic nitrogens is 2. The average Bonchev–Trinajstić information content (AvgIpc) is 3.10. The van der Waals surface area contributed by atoms with Crippen molar-refractivity contribution in [3.8, 4) is 0 Å². The molecule has 4 rings (SSSR count). The maximum absolute atomic E-state index is 13.7. The zero-order valence-electron chi connectivity index (χ0n) is 17.0. The predicted molar refractivity (Wildman–Crippen MR) is 116 cm³/mol. The van der Waals surface area contributed by atoms with Crippen LogP contribution < -0.4 is 10.9 Å². The summed E-state index contributed by atoms with van der Waals surface area (Å²) in [6, 6.07) is 5.79. The molecule has 0 spiro atoms. The van der Waals surface area contributed by atoms with E-state index in [1.165, 1.54) is 24.5 Å². The number of halogens is 1. The summed E-state index contributed by atoms with van der Waals surface area (Å²) in [5.41, 5.74) is 0.107. The van der Waals surface area contributed by atoms with Crippen LogP contribution in [0.2, 0.25) is 0 Å². The zero-order valence-corrected chi connectivity index (χ0v) is 17.8. The van der Waals surface area contributed by atoms with Crippen LogP contribution in [-0.2, 0) is 16.1 Å². The Morgan fingerprint density at radius 2 is 2.00 bits per heavy atom. The largest absolute Gasteiger partial charge is 0.458 e. The molecule has 0 radical (unpaired) electrons. The minimum Gasteiger partial charge on any atom is -0.458 e. The zero-order chi connectivity index (χ0) is 22.0. The summed E-state index contributed by atoms with van der Waals surface area (Å²) in [5.74, 6) is -1.56. The molecule has 9 heteroatoms. The third-order valence-electron chi connectivity index (χ3n) is 5.39. The molecule has 0 saturated heterocycles. The van der Waals surface area contributed by atoms with Crippen LogP contribution in [0.15, 0.2) is 35.4 Å². The molecule has 2 aromatic heterocycles. The first-order valence-electron chi connectivity index (χ1n) is 10.2. The van der Waals surface area contributed by atoms with Crippen molar-refractivity contribution in [1.29, 1.82) is 0 Å². The number of hydrogen-bond acceptors (Lipinski definition) is 6. The number of aryl methyl sites for hydroxylation is 1. The Labute approximate surface area is 181 Å². The van der Waals surface area contributed by atoms with Gasteiger partial charge < -0.3 is 10.1 Å². The number of carbonyl (C=O) groups excluding carboxylic acids is 2. The lowest BCUT2D eigenvalue weighted by molar-refractivity contribution is -0.116. The molecule has 1 fully saturated rings. The van der Waals surface area contributed by atoms with Gasteiger partial charge in [-0.2, -0.15) is 0 Å². The van der Waals surface area contributed by atoms with Crippen LogP contribution in [0.5, 0.6) is 0 Å². The smallest absolute Gasteiger partial charge is 0.348 e. The number of amides is 1. The number of fused-ring (bicyclic) bond motifs is 1. The third kappa shape index (κ3) is 4.51. The van der Waals surface area contributed by atoms with Gasteiger partial charge in [-0.25, -0.2) is 14.2 Å². The summed E-state index contributed by atoms with van der Waals surface area (Å²) in [6.07, 6.45) is 6.14. The topological polar surface area (TPSA) is 90.3 Å². The number of thiophene rings is 1. The summed E-state index contributed by atoms with van der Waals surface area (Å²) in [4.78, 5) is 43.0. The second kappa shape index (κ2) is 8.97. The average molecular weight is 444 g/mol. The number of carbonyl (C=O) groups is 2. The van der Waals surface area contributed by atoms with Crippen LogP contribution in [0.3, 0.4) is 0 Å². The molecule has 3 aromatic rings. The van der Waals surface area contributed by atoms with Gasteiger partial charge in [0.05, 0.1) is 17.4 Å².